The van der Waals surface area contributed by atoms with Gasteiger partial charge in [0.25, 0.3) is 5.91 Å². The summed E-state index contributed by atoms with van der Waals surface area (Å²) in [5.41, 5.74) is 6.68. The van der Waals surface area contributed by atoms with Crippen LogP contribution in [0.2, 0.25) is 0 Å². The molecule has 0 heterocycles. The van der Waals surface area contributed by atoms with Gasteiger partial charge in [-0.1, -0.05) is 6.07 Å². The second-order valence-corrected chi connectivity index (χ2v) is 3.89. The summed E-state index contributed by atoms with van der Waals surface area (Å²) in [7, 11) is 0. The lowest BCUT2D eigenvalue weighted by molar-refractivity contribution is 0.102. The summed E-state index contributed by atoms with van der Waals surface area (Å²) in [4.78, 5) is 11.9. The highest BCUT2D eigenvalue weighted by Gasteiger charge is 2.08. The van der Waals surface area contributed by atoms with Crippen LogP contribution in [0.25, 0.3) is 0 Å². The quantitative estimate of drug-likeness (QED) is 0.809. The minimum absolute atomic E-state index is 0.120. The van der Waals surface area contributed by atoms with Crippen molar-refractivity contribution in [1.29, 1.82) is 5.26 Å². The number of hydrogen-bond donors (Lipinski definition) is 2. The van der Waals surface area contributed by atoms with E-state index in [1.54, 1.807) is 24.3 Å². The molecule has 0 aromatic heterocycles. The molecule has 5 heteroatoms. The predicted molar refractivity (Wildman–Crippen MR) is 69.9 cm³/mol. The van der Waals surface area contributed by atoms with Crippen LogP contribution in [-0.4, -0.2) is 5.91 Å². The van der Waals surface area contributed by atoms with Crippen molar-refractivity contribution >= 4 is 17.3 Å². The van der Waals surface area contributed by atoms with Crippen molar-refractivity contribution < 1.29 is 9.18 Å². The van der Waals surface area contributed by atoms with Crippen molar-refractivity contribution in [2.45, 2.75) is 0 Å². The fraction of sp³-hybridized carbons (Fsp3) is 0. The van der Waals surface area contributed by atoms with Crippen LogP contribution in [-0.2, 0) is 0 Å². The molecule has 2 aromatic carbocycles. The van der Waals surface area contributed by atoms with Gasteiger partial charge in [0.1, 0.15) is 11.9 Å². The van der Waals surface area contributed by atoms with E-state index in [0.29, 0.717) is 16.9 Å². The van der Waals surface area contributed by atoms with Gasteiger partial charge >= 0.3 is 0 Å². The molecular weight excluding hydrogens is 245 g/mol. The topological polar surface area (TPSA) is 78.9 Å². The number of amides is 1. The number of carbonyl (C=O) groups excluding carboxylic acids is 1. The van der Waals surface area contributed by atoms with Gasteiger partial charge in [-0.05, 0) is 36.4 Å². The maximum absolute atomic E-state index is 13.1. The number of nitrogen functional groups attached to an aromatic ring is 1. The van der Waals surface area contributed by atoms with E-state index in [2.05, 4.69) is 5.32 Å². The second kappa shape index (κ2) is 5.19. The van der Waals surface area contributed by atoms with E-state index < -0.39 is 5.82 Å². The van der Waals surface area contributed by atoms with E-state index in [-0.39, 0.29) is 11.5 Å². The number of hydrogen-bond acceptors (Lipinski definition) is 3. The Kier molecular flexibility index (Phi) is 3.44. The maximum Gasteiger partial charge on any atom is 0.255 e. The van der Waals surface area contributed by atoms with E-state index in [1.807, 2.05) is 0 Å². The highest BCUT2D eigenvalue weighted by Crippen LogP contribution is 2.15. The van der Waals surface area contributed by atoms with Gasteiger partial charge in [0.15, 0.2) is 0 Å². The van der Waals surface area contributed by atoms with E-state index >= 15 is 0 Å². The number of nitriles is 1. The highest BCUT2D eigenvalue weighted by atomic mass is 19.1. The van der Waals surface area contributed by atoms with Gasteiger partial charge < -0.3 is 11.1 Å². The molecule has 19 heavy (non-hydrogen) atoms. The molecular formula is C14H10FN3O. The monoisotopic (exact) mass is 255 g/mol. The first-order valence-electron chi connectivity index (χ1n) is 5.46. The molecule has 0 saturated heterocycles. The van der Waals surface area contributed by atoms with Crippen LogP contribution in [0.1, 0.15) is 15.9 Å². The zero-order valence-corrected chi connectivity index (χ0v) is 9.85. The van der Waals surface area contributed by atoms with E-state index in [0.717, 1.165) is 6.07 Å². The van der Waals surface area contributed by atoms with Gasteiger partial charge in [-0.3, -0.25) is 4.79 Å². The van der Waals surface area contributed by atoms with Crippen LogP contribution < -0.4 is 11.1 Å². The Labute approximate surface area is 109 Å². The average molecular weight is 255 g/mol. The Balaban J connectivity index is 2.22. The number of nitrogens with one attached hydrogen (secondary N) is 1. The minimum Gasteiger partial charge on any atom is -0.399 e. The third-order valence-electron chi connectivity index (χ3n) is 2.49. The first-order chi connectivity index (χ1) is 9.10. The molecule has 0 fully saturated rings. The van der Waals surface area contributed by atoms with Gasteiger partial charge in [0.2, 0.25) is 0 Å². The molecule has 3 N–H and O–H groups in total. The second-order valence-electron chi connectivity index (χ2n) is 3.89. The fourth-order valence-electron chi connectivity index (χ4n) is 1.57. The van der Waals surface area contributed by atoms with E-state index in [1.165, 1.54) is 18.2 Å². The number of rotatable bonds is 2. The van der Waals surface area contributed by atoms with Crippen molar-refractivity contribution in [3.8, 4) is 6.07 Å². The van der Waals surface area contributed by atoms with Gasteiger partial charge in [-0.2, -0.15) is 5.26 Å². The molecule has 0 saturated carbocycles. The Morgan fingerprint density at radius 1 is 1.26 bits per heavy atom. The van der Waals surface area contributed by atoms with Crippen molar-refractivity contribution in [2.75, 3.05) is 11.1 Å². The summed E-state index contributed by atoms with van der Waals surface area (Å²) >= 11 is 0. The molecule has 4 nitrogen and oxygen atoms in total. The number of halogens is 1. The Hall–Kier alpha value is -2.87. The van der Waals surface area contributed by atoms with Crippen LogP contribution in [0.4, 0.5) is 15.8 Å². The van der Waals surface area contributed by atoms with Gasteiger partial charge in [-0.25, -0.2) is 4.39 Å². The van der Waals surface area contributed by atoms with Crippen LogP contribution in [0.5, 0.6) is 0 Å². The van der Waals surface area contributed by atoms with Crippen molar-refractivity contribution in [3.05, 3.63) is 59.4 Å². The molecule has 0 aliphatic carbocycles. The van der Waals surface area contributed by atoms with Crippen molar-refractivity contribution in [1.82, 2.24) is 0 Å². The number of nitrogens with two attached hydrogens (primary N) is 1. The Morgan fingerprint density at radius 3 is 2.74 bits per heavy atom. The van der Waals surface area contributed by atoms with Crippen LogP contribution in [0.3, 0.4) is 0 Å². The zero-order chi connectivity index (χ0) is 13.8. The molecule has 0 radical (unpaired) electrons. The van der Waals surface area contributed by atoms with Gasteiger partial charge in [0.05, 0.1) is 5.56 Å². The molecule has 0 aliphatic rings. The fourth-order valence-corrected chi connectivity index (χ4v) is 1.57. The standard InChI is InChI=1S/C14H10FN3O/c15-13-5-4-12(7-10(13)8-16)18-14(19)9-2-1-3-11(17)6-9/h1-7H,17H2,(H,18,19). The number of nitrogens with zero attached hydrogens (tertiary/aromatic N) is 1. The summed E-state index contributed by atoms with van der Waals surface area (Å²) in [6, 6.07) is 12.0. The van der Waals surface area contributed by atoms with Crippen molar-refractivity contribution in [2.24, 2.45) is 0 Å². The number of benzene rings is 2. The molecule has 0 atom stereocenters. The highest BCUT2D eigenvalue weighted by molar-refractivity contribution is 6.04. The molecule has 2 rings (SSSR count). The van der Waals surface area contributed by atoms with E-state index in [4.69, 9.17) is 11.0 Å². The lowest BCUT2D eigenvalue weighted by Crippen LogP contribution is -2.12. The molecule has 0 unspecified atom stereocenters. The average Bonchev–Trinajstić information content (AvgIpc) is 2.41. The third kappa shape index (κ3) is 2.87. The Bertz CT molecular complexity index is 677. The summed E-state index contributed by atoms with van der Waals surface area (Å²) in [5, 5.41) is 11.3. The van der Waals surface area contributed by atoms with Crippen molar-refractivity contribution in [3.63, 3.8) is 0 Å². The molecule has 1 amide bonds. The summed E-state index contributed by atoms with van der Waals surface area (Å²) in [6.45, 7) is 0. The first-order valence-corrected chi connectivity index (χ1v) is 5.46. The number of anilines is 2. The molecule has 0 bridgehead atoms. The van der Waals surface area contributed by atoms with Gasteiger partial charge in [0, 0.05) is 16.9 Å². The van der Waals surface area contributed by atoms with Gasteiger partial charge in [-0.15, -0.1) is 0 Å². The van der Waals surface area contributed by atoms with Crippen LogP contribution >= 0.6 is 0 Å². The smallest absolute Gasteiger partial charge is 0.255 e. The summed E-state index contributed by atoms with van der Waals surface area (Å²) in [5.74, 6) is -0.993. The minimum atomic E-state index is -0.621. The van der Waals surface area contributed by atoms with Crippen LogP contribution in [0.15, 0.2) is 42.5 Å². The van der Waals surface area contributed by atoms with E-state index in [9.17, 15) is 9.18 Å². The molecule has 94 valence electrons. The zero-order valence-electron chi connectivity index (χ0n) is 9.85. The maximum atomic E-state index is 13.1. The lowest BCUT2D eigenvalue weighted by atomic mass is 10.1. The Morgan fingerprint density at radius 2 is 2.05 bits per heavy atom. The molecule has 0 aliphatic heterocycles. The SMILES string of the molecule is N#Cc1cc(NC(=O)c2cccc(N)c2)ccc1F. The predicted octanol–water partition coefficient (Wildman–Crippen LogP) is 2.53. The molecule has 0 spiro atoms. The van der Waals surface area contributed by atoms with Crippen LogP contribution in [0, 0.1) is 17.1 Å². The molecule has 2 aromatic rings. The first kappa shape index (κ1) is 12.6. The normalized spacial score (nSPS) is 9.68. The summed E-state index contributed by atoms with van der Waals surface area (Å²) < 4.78 is 13.1. The summed E-state index contributed by atoms with van der Waals surface area (Å²) in [6.07, 6.45) is 0. The largest absolute Gasteiger partial charge is 0.399 e. The number of carbonyl (C=O) groups is 1. The lowest BCUT2D eigenvalue weighted by Gasteiger charge is -2.06. The third-order valence-corrected chi connectivity index (χ3v) is 2.49.